The van der Waals surface area contributed by atoms with Gasteiger partial charge in [0, 0.05) is 12.0 Å². The van der Waals surface area contributed by atoms with Crippen molar-refractivity contribution in [3.05, 3.63) is 47.5 Å². The van der Waals surface area contributed by atoms with Gasteiger partial charge in [0.05, 0.1) is 0 Å². The number of aldehydes is 1. The number of carbonyl (C=O) groups excluding carboxylic acids is 2. The molecule has 1 aromatic carbocycles. The quantitative estimate of drug-likeness (QED) is 0.317. The van der Waals surface area contributed by atoms with E-state index in [2.05, 4.69) is 0 Å². The third kappa shape index (κ3) is 4.22. The average Bonchev–Trinajstić information content (AvgIpc) is 2.30. The molecule has 0 aliphatic carbocycles. The van der Waals surface area contributed by atoms with Crippen molar-refractivity contribution in [3.63, 3.8) is 0 Å². The summed E-state index contributed by atoms with van der Waals surface area (Å²) < 4.78 is 0. The third-order valence-corrected chi connectivity index (χ3v) is 2.33. The number of allylic oxidation sites excluding steroid dienone is 2. The van der Waals surface area contributed by atoms with Gasteiger partial charge in [-0.25, -0.2) is 0 Å². The Morgan fingerprint density at radius 1 is 1.25 bits per heavy atom. The monoisotopic (exact) mass is 216 g/mol. The molecular weight excluding hydrogens is 200 g/mol. The van der Waals surface area contributed by atoms with Crippen molar-refractivity contribution in [2.45, 2.75) is 26.2 Å². The lowest BCUT2D eigenvalue weighted by molar-refractivity contribution is -0.107. The first-order chi connectivity index (χ1) is 7.74. The summed E-state index contributed by atoms with van der Waals surface area (Å²) in [4.78, 5) is 21.9. The molecule has 0 aliphatic heterocycles. The highest BCUT2D eigenvalue weighted by molar-refractivity contribution is 6.04. The van der Waals surface area contributed by atoms with E-state index in [1.54, 1.807) is 18.2 Å². The summed E-state index contributed by atoms with van der Waals surface area (Å²) in [7, 11) is 0. The van der Waals surface area contributed by atoms with Crippen LogP contribution >= 0.6 is 0 Å². The van der Waals surface area contributed by atoms with Gasteiger partial charge in [0.1, 0.15) is 6.29 Å². The number of carbonyl (C=O) groups is 2. The van der Waals surface area contributed by atoms with Gasteiger partial charge in [0.15, 0.2) is 5.78 Å². The van der Waals surface area contributed by atoms with E-state index in [1.165, 1.54) is 0 Å². The van der Waals surface area contributed by atoms with Gasteiger partial charge in [-0.2, -0.15) is 0 Å². The van der Waals surface area contributed by atoms with Gasteiger partial charge in [-0.15, -0.1) is 0 Å². The summed E-state index contributed by atoms with van der Waals surface area (Å²) in [6, 6.07) is 9.19. The van der Waals surface area contributed by atoms with E-state index in [9.17, 15) is 9.59 Å². The van der Waals surface area contributed by atoms with Crippen molar-refractivity contribution < 1.29 is 9.59 Å². The molecule has 0 heterocycles. The summed E-state index contributed by atoms with van der Waals surface area (Å²) in [6.07, 6.45) is 4.74. The highest BCUT2D eigenvalue weighted by Crippen LogP contribution is 2.08. The first-order valence-electron chi connectivity index (χ1n) is 5.44. The van der Waals surface area contributed by atoms with Gasteiger partial charge in [-0.05, 0) is 25.8 Å². The summed E-state index contributed by atoms with van der Waals surface area (Å²) in [5, 5.41) is 0. The molecule has 0 bridgehead atoms. The molecule has 0 atom stereocenters. The second-order valence-corrected chi connectivity index (χ2v) is 3.78. The molecule has 2 nitrogen and oxygen atoms in total. The number of hydrogen-bond acceptors (Lipinski definition) is 2. The summed E-state index contributed by atoms with van der Waals surface area (Å²) in [5.74, 6) is 0.0317. The first-order valence-corrected chi connectivity index (χ1v) is 5.44. The molecule has 0 unspecified atom stereocenters. The second kappa shape index (κ2) is 6.72. The Bertz CT molecular complexity index is 377. The maximum atomic E-state index is 11.7. The Hall–Kier alpha value is -1.70. The smallest absolute Gasteiger partial charge is 0.185 e. The molecule has 1 aromatic rings. The van der Waals surface area contributed by atoms with Crippen LogP contribution in [0.1, 0.15) is 36.5 Å². The Labute approximate surface area is 96.0 Å². The van der Waals surface area contributed by atoms with E-state index in [0.717, 1.165) is 24.7 Å². The van der Waals surface area contributed by atoms with Gasteiger partial charge in [0.2, 0.25) is 0 Å². The fourth-order valence-electron chi connectivity index (χ4n) is 1.45. The highest BCUT2D eigenvalue weighted by Gasteiger charge is 2.01. The average molecular weight is 216 g/mol. The normalized spacial score (nSPS) is 11.2. The van der Waals surface area contributed by atoms with Gasteiger partial charge in [-0.3, -0.25) is 4.79 Å². The highest BCUT2D eigenvalue weighted by atomic mass is 16.1. The molecule has 2 heteroatoms. The zero-order chi connectivity index (χ0) is 11.8. The zero-order valence-corrected chi connectivity index (χ0v) is 9.48. The van der Waals surface area contributed by atoms with E-state index < -0.39 is 0 Å². The Morgan fingerprint density at radius 3 is 2.56 bits per heavy atom. The molecule has 0 amide bonds. The van der Waals surface area contributed by atoms with Crippen molar-refractivity contribution in [1.82, 2.24) is 0 Å². The van der Waals surface area contributed by atoms with Gasteiger partial charge in [0.25, 0.3) is 0 Å². The maximum absolute atomic E-state index is 11.7. The first kappa shape index (κ1) is 12.4. The molecule has 1 rings (SSSR count). The molecule has 0 radical (unpaired) electrons. The van der Waals surface area contributed by atoms with Crippen LogP contribution in [-0.2, 0) is 4.79 Å². The van der Waals surface area contributed by atoms with Crippen molar-refractivity contribution in [1.29, 1.82) is 0 Å². The molecule has 0 saturated heterocycles. The van der Waals surface area contributed by atoms with Crippen LogP contribution in [0.3, 0.4) is 0 Å². The van der Waals surface area contributed by atoms with Crippen LogP contribution in [0.4, 0.5) is 0 Å². The van der Waals surface area contributed by atoms with Crippen LogP contribution in [0, 0.1) is 0 Å². The molecular formula is C14H16O2. The molecule has 0 spiro atoms. The third-order valence-electron chi connectivity index (χ3n) is 2.33. The predicted molar refractivity (Wildman–Crippen MR) is 64.4 cm³/mol. The summed E-state index contributed by atoms with van der Waals surface area (Å²) in [5.41, 5.74) is 1.73. The number of hydrogen-bond donors (Lipinski definition) is 0. The lowest BCUT2D eigenvalue weighted by Gasteiger charge is -1.99. The molecule has 0 aromatic heterocycles. The van der Waals surface area contributed by atoms with E-state index in [-0.39, 0.29) is 5.78 Å². The standard InChI is InChI=1S/C14H16O2/c1-12(7-5-6-10-15)11-14(16)13-8-3-2-4-9-13/h2-4,8-11H,5-7H2,1H3/b12-11+. The SMILES string of the molecule is C/C(=C\C(=O)c1ccccc1)CCCC=O. The van der Waals surface area contributed by atoms with E-state index in [1.807, 2.05) is 25.1 Å². The van der Waals surface area contributed by atoms with Crippen molar-refractivity contribution in [3.8, 4) is 0 Å². The predicted octanol–water partition coefficient (Wildman–Crippen LogP) is 3.18. The van der Waals surface area contributed by atoms with E-state index >= 15 is 0 Å². The lowest BCUT2D eigenvalue weighted by Crippen LogP contribution is -1.95. The van der Waals surface area contributed by atoms with Crippen LogP contribution in [0.5, 0.6) is 0 Å². The van der Waals surface area contributed by atoms with Crippen LogP contribution in [0.15, 0.2) is 42.0 Å². The second-order valence-electron chi connectivity index (χ2n) is 3.78. The molecule has 0 fully saturated rings. The van der Waals surface area contributed by atoms with Crippen LogP contribution in [0.2, 0.25) is 0 Å². The number of unbranched alkanes of at least 4 members (excludes halogenated alkanes) is 1. The topological polar surface area (TPSA) is 34.1 Å². The Morgan fingerprint density at radius 2 is 1.94 bits per heavy atom. The number of rotatable bonds is 6. The minimum absolute atomic E-state index is 0.0317. The zero-order valence-electron chi connectivity index (χ0n) is 9.48. The fraction of sp³-hybridized carbons (Fsp3) is 0.286. The van der Waals surface area contributed by atoms with E-state index in [0.29, 0.717) is 12.0 Å². The van der Waals surface area contributed by atoms with Crippen LogP contribution < -0.4 is 0 Å². The Kier molecular flexibility index (Phi) is 5.20. The van der Waals surface area contributed by atoms with Crippen molar-refractivity contribution in [2.24, 2.45) is 0 Å². The van der Waals surface area contributed by atoms with E-state index in [4.69, 9.17) is 0 Å². The van der Waals surface area contributed by atoms with Crippen molar-refractivity contribution in [2.75, 3.05) is 0 Å². The van der Waals surface area contributed by atoms with Gasteiger partial charge < -0.3 is 4.79 Å². The summed E-state index contributed by atoms with van der Waals surface area (Å²) >= 11 is 0. The number of benzene rings is 1. The van der Waals surface area contributed by atoms with Gasteiger partial charge >= 0.3 is 0 Å². The lowest BCUT2D eigenvalue weighted by atomic mass is 10.1. The van der Waals surface area contributed by atoms with Crippen molar-refractivity contribution >= 4 is 12.1 Å². The molecule has 84 valence electrons. The van der Waals surface area contributed by atoms with Gasteiger partial charge in [-0.1, -0.05) is 35.9 Å². The number of ketones is 1. The maximum Gasteiger partial charge on any atom is 0.185 e. The minimum atomic E-state index is 0.0317. The summed E-state index contributed by atoms with van der Waals surface area (Å²) in [6.45, 7) is 1.92. The van der Waals surface area contributed by atoms with Crippen LogP contribution in [-0.4, -0.2) is 12.1 Å². The van der Waals surface area contributed by atoms with Crippen LogP contribution in [0.25, 0.3) is 0 Å². The minimum Gasteiger partial charge on any atom is -0.303 e. The molecule has 16 heavy (non-hydrogen) atoms. The Balaban J connectivity index is 2.55. The molecule has 0 aliphatic rings. The largest absolute Gasteiger partial charge is 0.303 e. The molecule has 0 N–H and O–H groups in total. The fourth-order valence-corrected chi connectivity index (χ4v) is 1.45. The molecule has 0 saturated carbocycles.